The number of anilines is 1. The van der Waals surface area contributed by atoms with Crippen LogP contribution < -0.4 is 5.32 Å². The van der Waals surface area contributed by atoms with Gasteiger partial charge in [0, 0.05) is 9.26 Å². The van der Waals surface area contributed by atoms with Gasteiger partial charge in [-0.15, -0.1) is 5.10 Å². The van der Waals surface area contributed by atoms with Crippen molar-refractivity contribution in [3.05, 3.63) is 68.5 Å². The summed E-state index contributed by atoms with van der Waals surface area (Å²) in [6.45, 7) is 4.04. The number of amides is 1. The number of carbonyl (C=O) groups is 1. The number of hydrogen-bond acceptors (Lipinski definition) is 4. The lowest BCUT2D eigenvalue weighted by Gasteiger charge is -2.07. The van der Waals surface area contributed by atoms with E-state index in [-0.39, 0.29) is 11.7 Å². The average Bonchev–Trinajstić information content (AvgIpc) is 3.10. The SMILES string of the molecule is Cc1ccccc1C=Cc1nc(SCC(=O)Nc2ccc(I)cc2C)n[nH]1. The highest BCUT2D eigenvalue weighted by atomic mass is 127. The van der Waals surface area contributed by atoms with Crippen molar-refractivity contribution in [1.29, 1.82) is 0 Å². The molecule has 0 saturated heterocycles. The minimum Gasteiger partial charge on any atom is -0.325 e. The number of aromatic nitrogens is 3. The number of carbonyl (C=O) groups excluding carboxylic acids is 1. The van der Waals surface area contributed by atoms with E-state index in [1.54, 1.807) is 0 Å². The molecule has 1 amide bonds. The fourth-order valence-corrected chi connectivity index (χ4v) is 3.68. The van der Waals surface area contributed by atoms with E-state index in [9.17, 15) is 4.79 Å². The van der Waals surface area contributed by atoms with Gasteiger partial charge in [-0.1, -0.05) is 42.1 Å². The van der Waals surface area contributed by atoms with Crippen molar-refractivity contribution in [2.45, 2.75) is 19.0 Å². The second-order valence-electron chi connectivity index (χ2n) is 5.99. The minimum absolute atomic E-state index is 0.0777. The summed E-state index contributed by atoms with van der Waals surface area (Å²) in [5.41, 5.74) is 4.21. The van der Waals surface area contributed by atoms with Crippen molar-refractivity contribution in [1.82, 2.24) is 15.2 Å². The first kappa shape index (κ1) is 19.6. The molecule has 0 saturated carbocycles. The summed E-state index contributed by atoms with van der Waals surface area (Å²) in [6.07, 6.45) is 3.88. The maximum Gasteiger partial charge on any atom is 0.234 e. The van der Waals surface area contributed by atoms with Crippen LogP contribution in [0.4, 0.5) is 5.69 Å². The van der Waals surface area contributed by atoms with Gasteiger partial charge in [0.25, 0.3) is 0 Å². The summed E-state index contributed by atoms with van der Waals surface area (Å²) >= 11 is 3.55. The second-order valence-corrected chi connectivity index (χ2v) is 8.18. The number of H-pyrrole nitrogens is 1. The monoisotopic (exact) mass is 490 g/mol. The van der Waals surface area contributed by atoms with E-state index in [4.69, 9.17) is 0 Å². The van der Waals surface area contributed by atoms with Crippen molar-refractivity contribution < 1.29 is 4.79 Å². The Morgan fingerprint density at radius 1 is 1.19 bits per heavy atom. The standard InChI is InChI=1S/C20H19IN4OS/c1-13-5-3-4-6-15(13)7-10-18-23-20(25-24-18)27-12-19(26)22-17-9-8-16(21)11-14(17)2/h3-11H,12H2,1-2H3,(H,22,26)(H,23,24,25). The highest BCUT2D eigenvalue weighted by molar-refractivity contribution is 14.1. The number of aryl methyl sites for hydroxylation is 2. The molecule has 0 unspecified atom stereocenters. The molecule has 2 N–H and O–H groups in total. The average molecular weight is 490 g/mol. The Kier molecular flexibility index (Phi) is 6.68. The van der Waals surface area contributed by atoms with Crippen LogP contribution in [0.2, 0.25) is 0 Å². The van der Waals surface area contributed by atoms with E-state index in [1.807, 2.05) is 49.4 Å². The Bertz CT molecular complexity index is 984. The van der Waals surface area contributed by atoms with Gasteiger partial charge in [0.2, 0.25) is 11.1 Å². The van der Waals surface area contributed by atoms with Gasteiger partial charge in [0.15, 0.2) is 0 Å². The van der Waals surface area contributed by atoms with E-state index in [2.05, 4.69) is 62.1 Å². The first-order valence-corrected chi connectivity index (χ1v) is 10.4. The maximum absolute atomic E-state index is 12.2. The molecular weight excluding hydrogens is 471 g/mol. The molecule has 138 valence electrons. The molecule has 0 aliphatic carbocycles. The molecular formula is C20H19IN4OS. The van der Waals surface area contributed by atoms with Crippen LogP contribution in [0.5, 0.6) is 0 Å². The molecule has 0 fully saturated rings. The number of rotatable bonds is 6. The largest absolute Gasteiger partial charge is 0.325 e. The fourth-order valence-electron chi connectivity index (χ4n) is 2.42. The zero-order chi connectivity index (χ0) is 19.2. The first-order valence-electron chi connectivity index (χ1n) is 8.36. The van der Waals surface area contributed by atoms with Crippen molar-refractivity contribution in [3.63, 3.8) is 0 Å². The summed E-state index contributed by atoms with van der Waals surface area (Å²) in [6, 6.07) is 14.1. The highest BCUT2D eigenvalue weighted by Gasteiger charge is 2.08. The predicted molar refractivity (Wildman–Crippen MR) is 120 cm³/mol. The lowest BCUT2D eigenvalue weighted by molar-refractivity contribution is -0.113. The van der Waals surface area contributed by atoms with E-state index in [0.717, 1.165) is 20.4 Å². The topological polar surface area (TPSA) is 70.7 Å². The van der Waals surface area contributed by atoms with Gasteiger partial charge in [0.05, 0.1) is 5.75 Å². The molecule has 1 aromatic heterocycles. The van der Waals surface area contributed by atoms with Gasteiger partial charge in [0.1, 0.15) is 5.82 Å². The summed E-state index contributed by atoms with van der Waals surface area (Å²) in [4.78, 5) is 16.6. The summed E-state index contributed by atoms with van der Waals surface area (Å²) in [7, 11) is 0. The number of nitrogens with one attached hydrogen (secondary N) is 2. The molecule has 5 nitrogen and oxygen atoms in total. The van der Waals surface area contributed by atoms with Gasteiger partial charge in [-0.2, -0.15) is 0 Å². The van der Waals surface area contributed by atoms with Crippen molar-refractivity contribution >= 4 is 58.1 Å². The van der Waals surface area contributed by atoms with Crippen LogP contribution in [0, 0.1) is 17.4 Å². The summed E-state index contributed by atoms with van der Waals surface area (Å²) in [5.74, 6) is 0.838. The third kappa shape index (κ3) is 5.67. The first-order chi connectivity index (χ1) is 13.0. The number of hydrogen-bond donors (Lipinski definition) is 2. The van der Waals surface area contributed by atoms with Crippen LogP contribution in [0.3, 0.4) is 0 Å². The predicted octanol–water partition coefficient (Wildman–Crippen LogP) is 4.93. The second kappa shape index (κ2) is 9.18. The molecule has 0 atom stereocenters. The smallest absolute Gasteiger partial charge is 0.234 e. The minimum atomic E-state index is -0.0777. The summed E-state index contributed by atoms with van der Waals surface area (Å²) < 4.78 is 1.14. The Morgan fingerprint density at radius 2 is 2.00 bits per heavy atom. The van der Waals surface area contributed by atoms with Crippen LogP contribution >= 0.6 is 34.4 Å². The molecule has 0 bridgehead atoms. The molecule has 0 aliphatic rings. The highest BCUT2D eigenvalue weighted by Crippen LogP contribution is 2.19. The lowest BCUT2D eigenvalue weighted by atomic mass is 10.1. The van der Waals surface area contributed by atoms with Gasteiger partial charge >= 0.3 is 0 Å². The summed E-state index contributed by atoms with van der Waals surface area (Å²) in [5, 5.41) is 10.5. The molecule has 3 rings (SSSR count). The molecule has 27 heavy (non-hydrogen) atoms. The zero-order valence-electron chi connectivity index (χ0n) is 15.0. The molecule has 2 aromatic carbocycles. The Labute approximate surface area is 176 Å². The zero-order valence-corrected chi connectivity index (χ0v) is 18.0. The van der Waals surface area contributed by atoms with Crippen molar-refractivity contribution in [2.75, 3.05) is 11.1 Å². The van der Waals surface area contributed by atoms with Crippen molar-refractivity contribution in [2.24, 2.45) is 0 Å². The third-order valence-corrected chi connectivity index (χ3v) is 5.40. The van der Waals surface area contributed by atoms with E-state index in [0.29, 0.717) is 11.0 Å². The van der Waals surface area contributed by atoms with Crippen LogP contribution in [-0.2, 0) is 4.79 Å². The van der Waals surface area contributed by atoms with Crippen LogP contribution in [0.1, 0.15) is 22.5 Å². The van der Waals surface area contributed by atoms with E-state index < -0.39 is 0 Å². The number of halogens is 1. The lowest BCUT2D eigenvalue weighted by Crippen LogP contribution is -2.15. The Morgan fingerprint density at radius 3 is 2.78 bits per heavy atom. The number of benzene rings is 2. The quantitative estimate of drug-likeness (QED) is 0.380. The molecule has 0 radical (unpaired) electrons. The van der Waals surface area contributed by atoms with Crippen LogP contribution in [0.15, 0.2) is 47.6 Å². The fraction of sp³-hybridized carbons (Fsp3) is 0.150. The molecule has 0 spiro atoms. The number of aromatic amines is 1. The molecule has 0 aliphatic heterocycles. The number of thioether (sulfide) groups is 1. The van der Waals surface area contributed by atoms with E-state index >= 15 is 0 Å². The number of nitrogens with zero attached hydrogens (tertiary/aromatic N) is 2. The normalized spacial score (nSPS) is 11.1. The van der Waals surface area contributed by atoms with Crippen LogP contribution in [0.25, 0.3) is 12.2 Å². The molecule has 1 heterocycles. The third-order valence-electron chi connectivity index (χ3n) is 3.89. The maximum atomic E-state index is 12.2. The van der Waals surface area contributed by atoms with E-state index in [1.165, 1.54) is 17.3 Å². The molecule has 7 heteroatoms. The van der Waals surface area contributed by atoms with Gasteiger partial charge < -0.3 is 5.32 Å². The van der Waals surface area contributed by atoms with Gasteiger partial charge in [-0.3, -0.25) is 9.89 Å². The van der Waals surface area contributed by atoms with Crippen LogP contribution in [-0.4, -0.2) is 26.8 Å². The van der Waals surface area contributed by atoms with Gasteiger partial charge in [-0.25, -0.2) is 4.98 Å². The Balaban J connectivity index is 1.55. The molecule has 3 aromatic rings. The van der Waals surface area contributed by atoms with Crippen molar-refractivity contribution in [3.8, 4) is 0 Å². The Hall–Kier alpha value is -2.13. The van der Waals surface area contributed by atoms with Gasteiger partial charge in [-0.05, 0) is 77.4 Å².